The lowest BCUT2D eigenvalue weighted by Crippen LogP contribution is -2.44. The van der Waals surface area contributed by atoms with Crippen molar-refractivity contribution < 1.29 is 13.9 Å². The number of nitrogens with one attached hydrogen (secondary N) is 2. The quantitative estimate of drug-likeness (QED) is 0.840. The Balaban J connectivity index is 2.50. The van der Waals surface area contributed by atoms with Crippen LogP contribution in [0.5, 0.6) is 0 Å². The molecule has 2 atom stereocenters. The number of halogens is 1. The van der Waals surface area contributed by atoms with Gasteiger partial charge in [0.15, 0.2) is 0 Å². The fraction of sp³-hybridized carbons (Fsp3) is 0.588. The monoisotopic (exact) mass is 310 g/mol. The van der Waals surface area contributed by atoms with E-state index in [2.05, 4.69) is 10.6 Å². The number of hydrogen-bond donors (Lipinski definition) is 2. The summed E-state index contributed by atoms with van der Waals surface area (Å²) in [6, 6.07) is 6.50. The second kappa shape index (κ2) is 8.13. The van der Waals surface area contributed by atoms with Crippen molar-refractivity contribution in [2.45, 2.75) is 58.7 Å². The summed E-state index contributed by atoms with van der Waals surface area (Å²) < 4.78 is 19.0. The Morgan fingerprint density at radius 3 is 2.50 bits per heavy atom. The third-order valence-corrected chi connectivity index (χ3v) is 3.26. The van der Waals surface area contributed by atoms with Crippen molar-refractivity contribution in [2.75, 3.05) is 6.54 Å². The van der Waals surface area contributed by atoms with Gasteiger partial charge < -0.3 is 15.4 Å². The topological polar surface area (TPSA) is 50.4 Å². The highest BCUT2D eigenvalue weighted by Gasteiger charge is 2.19. The van der Waals surface area contributed by atoms with Crippen molar-refractivity contribution in [3.8, 4) is 0 Å². The molecule has 0 radical (unpaired) electrons. The molecule has 1 amide bonds. The van der Waals surface area contributed by atoms with Crippen molar-refractivity contribution in [1.29, 1.82) is 0 Å². The van der Waals surface area contributed by atoms with Crippen molar-refractivity contribution in [3.63, 3.8) is 0 Å². The summed E-state index contributed by atoms with van der Waals surface area (Å²) in [5.41, 5.74) is 0.102. The molecular formula is C17H27FN2O2. The van der Waals surface area contributed by atoms with Gasteiger partial charge in [0, 0.05) is 24.2 Å². The number of benzene rings is 1. The highest BCUT2D eigenvalue weighted by Crippen LogP contribution is 2.16. The predicted octanol–water partition coefficient (Wildman–Crippen LogP) is 3.78. The molecule has 4 nitrogen and oxygen atoms in total. The van der Waals surface area contributed by atoms with Crippen LogP contribution in [0.15, 0.2) is 24.3 Å². The zero-order chi connectivity index (χ0) is 16.8. The number of carbonyl (C=O) groups excluding carboxylic acids is 1. The maximum Gasteiger partial charge on any atom is 0.407 e. The molecule has 0 spiro atoms. The minimum absolute atomic E-state index is 0.0657. The van der Waals surface area contributed by atoms with Crippen molar-refractivity contribution in [3.05, 3.63) is 35.6 Å². The molecule has 0 saturated carbocycles. The average molecular weight is 310 g/mol. The van der Waals surface area contributed by atoms with Crippen LogP contribution >= 0.6 is 0 Å². The van der Waals surface area contributed by atoms with E-state index in [9.17, 15) is 9.18 Å². The summed E-state index contributed by atoms with van der Waals surface area (Å²) in [4.78, 5) is 11.8. The van der Waals surface area contributed by atoms with Gasteiger partial charge in [0.25, 0.3) is 0 Å². The van der Waals surface area contributed by atoms with Crippen LogP contribution in [-0.4, -0.2) is 24.3 Å². The SMILES string of the molecule is CCC(CNC(C)c1ccccc1F)NC(=O)OC(C)(C)C. The molecule has 22 heavy (non-hydrogen) atoms. The summed E-state index contributed by atoms with van der Waals surface area (Å²) in [5.74, 6) is -0.226. The number of rotatable bonds is 6. The molecule has 124 valence electrons. The number of hydrogen-bond acceptors (Lipinski definition) is 3. The van der Waals surface area contributed by atoms with Crippen LogP contribution in [0.25, 0.3) is 0 Å². The first-order valence-corrected chi connectivity index (χ1v) is 7.70. The normalized spacial score (nSPS) is 14.3. The van der Waals surface area contributed by atoms with E-state index in [4.69, 9.17) is 4.74 Å². The van der Waals surface area contributed by atoms with E-state index in [-0.39, 0.29) is 17.9 Å². The van der Waals surface area contributed by atoms with E-state index < -0.39 is 11.7 Å². The minimum Gasteiger partial charge on any atom is -0.444 e. The van der Waals surface area contributed by atoms with Gasteiger partial charge in [-0.1, -0.05) is 25.1 Å². The molecule has 0 bridgehead atoms. The standard InChI is InChI=1S/C17H27FN2O2/c1-6-13(20-16(21)22-17(3,4)5)11-19-12(2)14-9-7-8-10-15(14)18/h7-10,12-13,19H,6,11H2,1-5H3,(H,20,21). The van der Waals surface area contributed by atoms with Gasteiger partial charge in [-0.15, -0.1) is 0 Å². The Bertz CT molecular complexity index is 486. The van der Waals surface area contributed by atoms with Gasteiger partial charge in [0.05, 0.1) is 0 Å². The minimum atomic E-state index is -0.518. The Hall–Kier alpha value is -1.62. The number of carbonyl (C=O) groups is 1. The lowest BCUT2D eigenvalue weighted by molar-refractivity contribution is 0.0502. The van der Waals surface area contributed by atoms with Crippen LogP contribution in [0.2, 0.25) is 0 Å². The van der Waals surface area contributed by atoms with Gasteiger partial charge in [-0.2, -0.15) is 0 Å². The van der Waals surface area contributed by atoms with Gasteiger partial charge in [0.2, 0.25) is 0 Å². The van der Waals surface area contributed by atoms with Gasteiger partial charge in [-0.3, -0.25) is 0 Å². The largest absolute Gasteiger partial charge is 0.444 e. The maximum atomic E-state index is 13.7. The molecule has 1 rings (SSSR count). The number of alkyl carbamates (subject to hydrolysis) is 1. The van der Waals surface area contributed by atoms with Crippen LogP contribution in [0, 0.1) is 5.82 Å². The first-order chi connectivity index (χ1) is 10.2. The summed E-state index contributed by atoms with van der Waals surface area (Å²) in [6.07, 6.45) is 0.329. The highest BCUT2D eigenvalue weighted by molar-refractivity contribution is 5.68. The van der Waals surface area contributed by atoms with Gasteiger partial charge in [0.1, 0.15) is 11.4 Å². The second-order valence-electron chi connectivity index (χ2n) is 6.40. The summed E-state index contributed by atoms with van der Waals surface area (Å²) in [5, 5.41) is 6.08. The fourth-order valence-electron chi connectivity index (χ4n) is 2.03. The van der Waals surface area contributed by atoms with Crippen LogP contribution in [0.1, 0.15) is 52.6 Å². The molecule has 2 N–H and O–H groups in total. The fourth-order valence-corrected chi connectivity index (χ4v) is 2.03. The lowest BCUT2D eigenvalue weighted by Gasteiger charge is -2.24. The zero-order valence-electron chi connectivity index (χ0n) is 14.1. The molecule has 0 aromatic heterocycles. The smallest absolute Gasteiger partial charge is 0.407 e. The van der Waals surface area contributed by atoms with Crippen molar-refractivity contribution >= 4 is 6.09 Å². The Kier molecular flexibility index (Phi) is 6.81. The van der Waals surface area contributed by atoms with E-state index in [1.807, 2.05) is 40.7 Å². The van der Waals surface area contributed by atoms with E-state index in [1.165, 1.54) is 6.07 Å². The highest BCUT2D eigenvalue weighted by atomic mass is 19.1. The zero-order valence-corrected chi connectivity index (χ0v) is 14.1. The molecule has 0 saturated heterocycles. The Labute approximate surface area is 132 Å². The van der Waals surface area contributed by atoms with E-state index >= 15 is 0 Å². The molecule has 0 heterocycles. The number of ether oxygens (including phenoxy) is 1. The predicted molar refractivity (Wildman–Crippen MR) is 86.3 cm³/mol. The van der Waals surface area contributed by atoms with Gasteiger partial charge >= 0.3 is 6.09 Å². The second-order valence-corrected chi connectivity index (χ2v) is 6.40. The molecule has 5 heteroatoms. The lowest BCUT2D eigenvalue weighted by atomic mass is 10.1. The third-order valence-electron chi connectivity index (χ3n) is 3.26. The summed E-state index contributed by atoms with van der Waals surface area (Å²) in [6.45, 7) is 9.91. The first-order valence-electron chi connectivity index (χ1n) is 7.70. The van der Waals surface area contributed by atoms with Crippen LogP contribution in [0.3, 0.4) is 0 Å². The van der Waals surface area contributed by atoms with Crippen molar-refractivity contribution in [1.82, 2.24) is 10.6 Å². The summed E-state index contributed by atoms with van der Waals surface area (Å²) >= 11 is 0. The first kappa shape index (κ1) is 18.4. The summed E-state index contributed by atoms with van der Waals surface area (Å²) in [7, 11) is 0. The van der Waals surface area contributed by atoms with Crippen LogP contribution < -0.4 is 10.6 Å². The van der Waals surface area contributed by atoms with Gasteiger partial charge in [-0.05, 0) is 40.2 Å². The molecule has 2 unspecified atom stereocenters. The van der Waals surface area contributed by atoms with Crippen molar-refractivity contribution in [2.24, 2.45) is 0 Å². The molecule has 1 aromatic rings. The molecule has 0 aliphatic carbocycles. The van der Waals surface area contributed by atoms with Crippen LogP contribution in [0.4, 0.5) is 9.18 Å². The third kappa shape index (κ3) is 6.43. The molecule has 0 aliphatic rings. The average Bonchev–Trinajstić information content (AvgIpc) is 2.41. The number of amides is 1. The molecule has 0 aliphatic heterocycles. The Morgan fingerprint density at radius 2 is 1.95 bits per heavy atom. The Morgan fingerprint density at radius 1 is 1.32 bits per heavy atom. The van der Waals surface area contributed by atoms with Crippen LogP contribution in [-0.2, 0) is 4.74 Å². The molecule has 1 aromatic carbocycles. The van der Waals surface area contributed by atoms with E-state index in [0.29, 0.717) is 12.1 Å². The molecular weight excluding hydrogens is 283 g/mol. The molecule has 0 fully saturated rings. The van der Waals surface area contributed by atoms with E-state index in [1.54, 1.807) is 12.1 Å². The van der Waals surface area contributed by atoms with E-state index in [0.717, 1.165) is 6.42 Å². The maximum absolute atomic E-state index is 13.7. The van der Waals surface area contributed by atoms with Gasteiger partial charge in [-0.25, -0.2) is 9.18 Å².